The topological polar surface area (TPSA) is 61.5 Å². The zero-order chi connectivity index (χ0) is 17.5. The van der Waals surface area contributed by atoms with Gasteiger partial charge in [0.1, 0.15) is 5.78 Å². The van der Waals surface area contributed by atoms with Crippen LogP contribution in [0.25, 0.3) is 6.08 Å². The Morgan fingerprint density at radius 3 is 2.46 bits per heavy atom. The minimum atomic E-state index is -0.419. The van der Waals surface area contributed by atoms with E-state index in [-0.39, 0.29) is 11.2 Å². The molecule has 0 atom stereocenters. The summed E-state index contributed by atoms with van der Waals surface area (Å²) in [5.74, 6) is 0.325. The van der Waals surface area contributed by atoms with Crippen LogP contribution in [-0.2, 0) is 26.9 Å². The van der Waals surface area contributed by atoms with Gasteiger partial charge in [-0.25, -0.2) is 0 Å². The SMILES string of the molecule is CC1(C)OB(C(=Cc2ccc3c(c2)CCC(=O)C3)CN)OC1(C)C. The number of benzene rings is 1. The number of carbonyl (C=O) groups is 1. The van der Waals surface area contributed by atoms with Gasteiger partial charge in [0.2, 0.25) is 0 Å². The van der Waals surface area contributed by atoms with Crippen LogP contribution in [0.1, 0.15) is 50.8 Å². The van der Waals surface area contributed by atoms with Gasteiger partial charge in [-0.2, -0.15) is 0 Å². The van der Waals surface area contributed by atoms with Gasteiger partial charge in [-0.1, -0.05) is 24.3 Å². The van der Waals surface area contributed by atoms with E-state index in [9.17, 15) is 4.79 Å². The van der Waals surface area contributed by atoms with E-state index in [1.54, 1.807) is 0 Å². The Morgan fingerprint density at radius 1 is 1.17 bits per heavy atom. The summed E-state index contributed by atoms with van der Waals surface area (Å²) in [5, 5.41) is 0. The lowest BCUT2D eigenvalue weighted by Gasteiger charge is -2.32. The molecular weight excluding hydrogens is 301 g/mol. The molecule has 1 aliphatic heterocycles. The highest BCUT2D eigenvalue weighted by Crippen LogP contribution is 2.38. The second-order valence-electron chi connectivity index (χ2n) is 7.76. The van der Waals surface area contributed by atoms with Crippen LogP contribution < -0.4 is 5.73 Å². The van der Waals surface area contributed by atoms with Gasteiger partial charge in [0.15, 0.2) is 0 Å². The molecule has 1 aromatic rings. The number of aryl methyl sites for hydroxylation is 1. The predicted octanol–water partition coefficient (Wildman–Crippen LogP) is 2.72. The van der Waals surface area contributed by atoms with Gasteiger partial charge < -0.3 is 15.0 Å². The van der Waals surface area contributed by atoms with Gasteiger partial charge in [0, 0.05) is 19.4 Å². The molecule has 0 aromatic heterocycles. The van der Waals surface area contributed by atoms with Gasteiger partial charge in [-0.05, 0) is 56.3 Å². The fourth-order valence-electron chi connectivity index (χ4n) is 3.15. The van der Waals surface area contributed by atoms with E-state index >= 15 is 0 Å². The molecule has 1 saturated heterocycles. The lowest BCUT2D eigenvalue weighted by atomic mass is 9.77. The first-order valence-electron chi connectivity index (χ1n) is 8.61. The van der Waals surface area contributed by atoms with Crippen LogP contribution in [0, 0.1) is 0 Å². The molecule has 0 spiro atoms. The molecule has 1 heterocycles. The summed E-state index contributed by atoms with van der Waals surface area (Å²) in [4.78, 5) is 11.6. The minimum Gasteiger partial charge on any atom is -0.400 e. The van der Waals surface area contributed by atoms with Crippen LogP contribution in [0.15, 0.2) is 23.7 Å². The Kier molecular flexibility index (Phi) is 4.45. The third-order valence-electron chi connectivity index (χ3n) is 5.43. The highest BCUT2D eigenvalue weighted by Gasteiger charge is 2.52. The quantitative estimate of drug-likeness (QED) is 0.867. The smallest absolute Gasteiger partial charge is 0.400 e. The number of hydrogen-bond acceptors (Lipinski definition) is 4. The summed E-state index contributed by atoms with van der Waals surface area (Å²) in [5.41, 5.74) is 9.63. The van der Waals surface area contributed by atoms with Crippen LogP contribution in [-0.4, -0.2) is 30.6 Å². The molecule has 2 aliphatic rings. The van der Waals surface area contributed by atoms with Crippen LogP contribution in [0.2, 0.25) is 0 Å². The van der Waals surface area contributed by atoms with Crippen molar-refractivity contribution in [3.63, 3.8) is 0 Å². The van der Waals surface area contributed by atoms with Gasteiger partial charge in [0.25, 0.3) is 0 Å². The largest absolute Gasteiger partial charge is 0.491 e. The average Bonchev–Trinajstić information content (AvgIpc) is 2.73. The van der Waals surface area contributed by atoms with Crippen LogP contribution in [0.3, 0.4) is 0 Å². The molecule has 0 bridgehead atoms. The number of nitrogens with two attached hydrogens (primary N) is 1. The fourth-order valence-corrected chi connectivity index (χ4v) is 3.15. The molecule has 4 nitrogen and oxygen atoms in total. The van der Waals surface area contributed by atoms with E-state index in [2.05, 4.69) is 18.2 Å². The van der Waals surface area contributed by atoms with Crippen LogP contribution in [0.5, 0.6) is 0 Å². The van der Waals surface area contributed by atoms with E-state index in [0.717, 1.165) is 23.0 Å². The van der Waals surface area contributed by atoms with Gasteiger partial charge in [0.05, 0.1) is 11.2 Å². The molecule has 0 amide bonds. The zero-order valence-corrected chi connectivity index (χ0v) is 15.0. The molecule has 0 radical (unpaired) electrons. The molecule has 0 unspecified atom stereocenters. The lowest BCUT2D eigenvalue weighted by molar-refractivity contribution is -0.118. The Bertz CT molecular complexity index is 678. The van der Waals surface area contributed by atoms with Crippen molar-refractivity contribution < 1.29 is 14.1 Å². The van der Waals surface area contributed by atoms with Crippen molar-refractivity contribution >= 4 is 19.0 Å². The third kappa shape index (κ3) is 3.21. The summed E-state index contributed by atoms with van der Waals surface area (Å²) in [7, 11) is -0.419. The van der Waals surface area contributed by atoms with Gasteiger partial charge in [-0.15, -0.1) is 0 Å². The highest BCUT2D eigenvalue weighted by molar-refractivity contribution is 6.55. The van der Waals surface area contributed by atoms with E-state index in [4.69, 9.17) is 15.0 Å². The summed E-state index contributed by atoms with van der Waals surface area (Å²) < 4.78 is 12.2. The molecule has 5 heteroatoms. The fraction of sp³-hybridized carbons (Fsp3) is 0.526. The first-order chi connectivity index (χ1) is 11.2. The molecule has 24 heavy (non-hydrogen) atoms. The lowest BCUT2D eigenvalue weighted by Crippen LogP contribution is -2.41. The second-order valence-corrected chi connectivity index (χ2v) is 7.76. The van der Waals surface area contributed by atoms with Crippen molar-refractivity contribution in [3.8, 4) is 0 Å². The van der Waals surface area contributed by atoms with E-state index in [1.165, 1.54) is 5.56 Å². The molecular formula is C19H26BNO3. The molecule has 1 aromatic carbocycles. The summed E-state index contributed by atoms with van der Waals surface area (Å²) in [6, 6.07) is 6.25. The van der Waals surface area contributed by atoms with E-state index in [0.29, 0.717) is 25.2 Å². The Morgan fingerprint density at radius 2 is 1.83 bits per heavy atom. The predicted molar refractivity (Wildman–Crippen MR) is 96.6 cm³/mol. The first-order valence-corrected chi connectivity index (χ1v) is 8.61. The van der Waals surface area contributed by atoms with Crippen molar-refractivity contribution in [2.24, 2.45) is 5.73 Å². The first kappa shape index (κ1) is 17.4. The maximum Gasteiger partial charge on any atom is 0.491 e. The van der Waals surface area contributed by atoms with E-state index in [1.807, 2.05) is 33.8 Å². The van der Waals surface area contributed by atoms with Crippen LogP contribution in [0.4, 0.5) is 0 Å². The second kappa shape index (κ2) is 6.14. The molecule has 1 aliphatic carbocycles. The molecule has 128 valence electrons. The van der Waals surface area contributed by atoms with Crippen molar-refractivity contribution in [3.05, 3.63) is 40.4 Å². The van der Waals surface area contributed by atoms with Gasteiger partial charge >= 0.3 is 7.12 Å². The van der Waals surface area contributed by atoms with Crippen molar-refractivity contribution in [2.45, 2.75) is 58.2 Å². The van der Waals surface area contributed by atoms with Gasteiger partial charge in [-0.3, -0.25) is 4.79 Å². The minimum absolute atomic E-state index is 0.325. The zero-order valence-electron chi connectivity index (χ0n) is 15.0. The van der Waals surface area contributed by atoms with E-state index < -0.39 is 7.12 Å². The van der Waals surface area contributed by atoms with Crippen molar-refractivity contribution in [1.29, 1.82) is 0 Å². The van der Waals surface area contributed by atoms with Crippen LogP contribution >= 0.6 is 0 Å². The summed E-state index contributed by atoms with van der Waals surface area (Å²) >= 11 is 0. The third-order valence-corrected chi connectivity index (χ3v) is 5.43. The average molecular weight is 327 g/mol. The summed E-state index contributed by atoms with van der Waals surface area (Å²) in [6.45, 7) is 8.54. The molecule has 1 fully saturated rings. The Labute approximate surface area is 144 Å². The molecule has 0 saturated carbocycles. The van der Waals surface area contributed by atoms with Crippen molar-refractivity contribution in [1.82, 2.24) is 0 Å². The maximum absolute atomic E-state index is 11.6. The normalized spacial score (nSPS) is 22.6. The molecule has 3 rings (SSSR count). The standard InChI is InChI=1S/C19H26BNO3/c1-18(2)19(3,4)24-20(23-18)16(12-21)10-13-5-6-15-11-17(22)8-7-14(15)9-13/h5-6,9-10H,7-8,11-12,21H2,1-4H3. The highest BCUT2D eigenvalue weighted by atomic mass is 16.7. The number of fused-ring (bicyclic) bond motifs is 1. The number of hydrogen-bond donors (Lipinski definition) is 1. The Balaban J connectivity index is 1.85. The number of rotatable bonds is 3. The molecule has 2 N–H and O–H groups in total. The number of carbonyl (C=O) groups excluding carboxylic acids is 1. The summed E-state index contributed by atoms with van der Waals surface area (Å²) in [6.07, 6.45) is 4.07. The maximum atomic E-state index is 11.6. The Hall–Kier alpha value is -1.43. The number of Topliss-reactive ketones (excluding diaryl/α,β-unsaturated/α-hetero) is 1. The van der Waals surface area contributed by atoms with Crippen molar-refractivity contribution in [2.75, 3.05) is 6.54 Å². The monoisotopic (exact) mass is 327 g/mol. The number of ketones is 1.